The summed E-state index contributed by atoms with van der Waals surface area (Å²) >= 11 is 0. The molecule has 4 rings (SSSR count). The van der Waals surface area contributed by atoms with Crippen molar-refractivity contribution in [3.05, 3.63) is 35.4 Å². The smallest absolute Gasteiger partial charge is 0.339 e. The third-order valence-corrected chi connectivity index (χ3v) is 6.59. The minimum atomic E-state index is -0.714. The summed E-state index contributed by atoms with van der Waals surface area (Å²) in [6, 6.07) is 7.40. The number of carbonyl (C=O) groups excluding carboxylic acids is 2. The Kier molecular flexibility index (Phi) is 5.48. The molecule has 5 heteroatoms. The quantitative estimate of drug-likeness (QED) is 0.828. The van der Waals surface area contributed by atoms with Crippen molar-refractivity contribution in [1.29, 1.82) is 0 Å². The average molecular weight is 370 g/mol. The molecule has 0 aromatic heterocycles. The molecule has 0 spiro atoms. The zero-order valence-electron chi connectivity index (χ0n) is 16.0. The zero-order chi connectivity index (χ0) is 18.7. The molecular weight excluding hydrogens is 340 g/mol. The van der Waals surface area contributed by atoms with Crippen LogP contribution in [0.4, 0.5) is 0 Å². The van der Waals surface area contributed by atoms with Crippen molar-refractivity contribution in [2.45, 2.75) is 69.4 Å². The van der Waals surface area contributed by atoms with Crippen LogP contribution >= 0.6 is 0 Å². The van der Waals surface area contributed by atoms with Gasteiger partial charge in [0.1, 0.15) is 0 Å². The molecule has 1 N–H and O–H groups in total. The first kappa shape index (κ1) is 18.5. The lowest BCUT2D eigenvalue weighted by Crippen LogP contribution is -2.59. The Morgan fingerprint density at radius 2 is 1.78 bits per heavy atom. The van der Waals surface area contributed by atoms with Crippen LogP contribution in [0.2, 0.25) is 0 Å². The summed E-state index contributed by atoms with van der Waals surface area (Å²) < 4.78 is 5.43. The second kappa shape index (κ2) is 8.01. The SMILES string of the molecule is O=C1OC(C(=O)NCC2(N3CCCCC3)CCCCC2)Cc2ccccc21. The number of hydrogen-bond donors (Lipinski definition) is 1. The fourth-order valence-corrected chi connectivity index (χ4v) is 5.03. The Labute approximate surface area is 161 Å². The van der Waals surface area contributed by atoms with Crippen LogP contribution in [0.15, 0.2) is 24.3 Å². The van der Waals surface area contributed by atoms with Crippen molar-refractivity contribution >= 4 is 11.9 Å². The predicted molar refractivity (Wildman–Crippen MR) is 104 cm³/mol. The maximum absolute atomic E-state index is 12.8. The van der Waals surface area contributed by atoms with E-state index in [9.17, 15) is 9.59 Å². The second-order valence-electron chi connectivity index (χ2n) is 8.31. The molecule has 27 heavy (non-hydrogen) atoms. The highest BCUT2D eigenvalue weighted by molar-refractivity contribution is 5.95. The summed E-state index contributed by atoms with van der Waals surface area (Å²) in [7, 11) is 0. The molecule has 0 radical (unpaired) electrons. The van der Waals surface area contributed by atoms with Gasteiger partial charge in [-0.05, 0) is 50.4 Å². The van der Waals surface area contributed by atoms with E-state index >= 15 is 0 Å². The lowest BCUT2D eigenvalue weighted by atomic mass is 9.79. The zero-order valence-corrected chi connectivity index (χ0v) is 16.0. The largest absolute Gasteiger partial charge is 0.448 e. The molecule has 1 saturated carbocycles. The first-order chi connectivity index (χ1) is 13.2. The fourth-order valence-electron chi connectivity index (χ4n) is 5.03. The number of piperidine rings is 1. The molecule has 3 aliphatic rings. The van der Waals surface area contributed by atoms with Crippen LogP contribution in [-0.4, -0.2) is 48.1 Å². The third kappa shape index (κ3) is 3.88. The molecule has 2 fully saturated rings. The van der Waals surface area contributed by atoms with Gasteiger partial charge in [-0.3, -0.25) is 9.69 Å². The minimum Gasteiger partial charge on any atom is -0.448 e. The van der Waals surface area contributed by atoms with Gasteiger partial charge >= 0.3 is 5.97 Å². The highest BCUT2D eigenvalue weighted by atomic mass is 16.5. The van der Waals surface area contributed by atoms with Crippen LogP contribution in [0.25, 0.3) is 0 Å². The number of amides is 1. The van der Waals surface area contributed by atoms with Gasteiger partial charge in [-0.2, -0.15) is 0 Å². The van der Waals surface area contributed by atoms with Crippen molar-refractivity contribution in [3.63, 3.8) is 0 Å². The van der Waals surface area contributed by atoms with Crippen LogP contribution < -0.4 is 5.32 Å². The molecule has 0 bridgehead atoms. The summed E-state index contributed by atoms with van der Waals surface area (Å²) in [5, 5.41) is 3.15. The van der Waals surface area contributed by atoms with E-state index in [0.29, 0.717) is 18.5 Å². The number of nitrogens with zero attached hydrogens (tertiary/aromatic N) is 1. The van der Waals surface area contributed by atoms with Gasteiger partial charge < -0.3 is 10.1 Å². The van der Waals surface area contributed by atoms with Crippen LogP contribution in [0.3, 0.4) is 0 Å². The van der Waals surface area contributed by atoms with Crippen molar-refractivity contribution in [2.75, 3.05) is 19.6 Å². The van der Waals surface area contributed by atoms with Gasteiger partial charge in [0.25, 0.3) is 5.91 Å². The Bertz CT molecular complexity index is 691. The van der Waals surface area contributed by atoms with E-state index in [-0.39, 0.29) is 17.4 Å². The molecule has 1 amide bonds. The van der Waals surface area contributed by atoms with Gasteiger partial charge in [-0.25, -0.2) is 4.79 Å². The third-order valence-electron chi connectivity index (χ3n) is 6.59. The molecule has 1 aromatic carbocycles. The summed E-state index contributed by atoms with van der Waals surface area (Å²) in [4.78, 5) is 27.6. The number of esters is 1. The Morgan fingerprint density at radius 3 is 2.56 bits per heavy atom. The van der Waals surface area contributed by atoms with Crippen molar-refractivity contribution in [3.8, 4) is 0 Å². The number of cyclic esters (lactones) is 1. The number of likely N-dealkylation sites (tertiary alicyclic amines) is 1. The fraction of sp³-hybridized carbons (Fsp3) is 0.636. The Hall–Kier alpha value is -1.88. The van der Waals surface area contributed by atoms with E-state index in [0.717, 1.165) is 31.5 Å². The molecule has 1 aromatic rings. The van der Waals surface area contributed by atoms with E-state index < -0.39 is 6.10 Å². The average Bonchev–Trinajstić information content (AvgIpc) is 2.73. The molecule has 1 unspecified atom stereocenters. The number of benzene rings is 1. The molecule has 5 nitrogen and oxygen atoms in total. The number of hydrogen-bond acceptors (Lipinski definition) is 4. The molecule has 2 heterocycles. The van der Waals surface area contributed by atoms with E-state index in [2.05, 4.69) is 10.2 Å². The van der Waals surface area contributed by atoms with Gasteiger partial charge in [-0.1, -0.05) is 43.9 Å². The highest BCUT2D eigenvalue weighted by Crippen LogP contribution is 2.35. The molecule has 146 valence electrons. The lowest BCUT2D eigenvalue weighted by molar-refractivity contribution is -0.131. The van der Waals surface area contributed by atoms with Gasteiger partial charge in [0.05, 0.1) is 5.56 Å². The maximum atomic E-state index is 12.8. The normalized spacial score (nSPS) is 25.3. The van der Waals surface area contributed by atoms with Crippen molar-refractivity contribution in [1.82, 2.24) is 10.2 Å². The van der Waals surface area contributed by atoms with Crippen LogP contribution in [0.5, 0.6) is 0 Å². The Morgan fingerprint density at radius 1 is 1.07 bits per heavy atom. The minimum absolute atomic E-state index is 0.0882. The second-order valence-corrected chi connectivity index (χ2v) is 8.31. The number of rotatable bonds is 4. The van der Waals surface area contributed by atoms with E-state index in [1.807, 2.05) is 18.2 Å². The molecular formula is C22H30N2O3. The molecule has 2 aliphatic heterocycles. The van der Waals surface area contributed by atoms with Crippen LogP contribution in [-0.2, 0) is 16.0 Å². The van der Waals surface area contributed by atoms with Gasteiger partial charge in [-0.15, -0.1) is 0 Å². The first-order valence-corrected chi connectivity index (χ1v) is 10.5. The molecule has 1 saturated heterocycles. The van der Waals surface area contributed by atoms with Crippen molar-refractivity contribution in [2.24, 2.45) is 0 Å². The maximum Gasteiger partial charge on any atom is 0.339 e. The number of fused-ring (bicyclic) bond motifs is 1. The molecule has 1 aliphatic carbocycles. The number of carbonyl (C=O) groups is 2. The van der Waals surface area contributed by atoms with Crippen LogP contribution in [0, 0.1) is 0 Å². The van der Waals surface area contributed by atoms with E-state index in [4.69, 9.17) is 4.74 Å². The summed E-state index contributed by atoms with van der Waals surface area (Å²) in [5.41, 5.74) is 1.57. The number of nitrogens with one attached hydrogen (secondary N) is 1. The van der Waals surface area contributed by atoms with Gasteiger partial charge in [0.15, 0.2) is 6.10 Å². The van der Waals surface area contributed by atoms with Gasteiger partial charge in [0.2, 0.25) is 0 Å². The lowest BCUT2D eigenvalue weighted by Gasteiger charge is -2.48. The number of ether oxygens (including phenoxy) is 1. The summed E-state index contributed by atoms with van der Waals surface area (Å²) in [6.07, 6.45) is 9.65. The van der Waals surface area contributed by atoms with E-state index in [1.54, 1.807) is 6.07 Å². The Balaban J connectivity index is 1.42. The topological polar surface area (TPSA) is 58.6 Å². The van der Waals surface area contributed by atoms with Crippen molar-refractivity contribution < 1.29 is 14.3 Å². The van der Waals surface area contributed by atoms with E-state index in [1.165, 1.54) is 38.5 Å². The van der Waals surface area contributed by atoms with Gasteiger partial charge in [0, 0.05) is 18.5 Å². The summed E-state index contributed by atoms with van der Waals surface area (Å²) in [5.74, 6) is -0.541. The highest BCUT2D eigenvalue weighted by Gasteiger charge is 2.39. The predicted octanol–water partition coefficient (Wildman–Crippen LogP) is 3.07. The van der Waals surface area contributed by atoms with Crippen LogP contribution in [0.1, 0.15) is 67.3 Å². The molecule has 1 atom stereocenters. The monoisotopic (exact) mass is 370 g/mol. The first-order valence-electron chi connectivity index (χ1n) is 10.5. The standard InChI is InChI=1S/C22H30N2O3/c25-20(19-15-17-9-3-4-10-18(17)21(26)27-19)23-16-22(11-5-1-6-12-22)24-13-7-2-8-14-24/h3-4,9-10,19H,1-2,5-8,11-16H2,(H,23,25). The summed E-state index contributed by atoms with van der Waals surface area (Å²) in [6.45, 7) is 2.95.